The predicted molar refractivity (Wildman–Crippen MR) is 81.1 cm³/mol. The number of carbonyl (C=O) groups is 1. The third-order valence-electron chi connectivity index (χ3n) is 2.73. The van der Waals surface area contributed by atoms with Crippen LogP contribution in [0.25, 0.3) is 0 Å². The second kappa shape index (κ2) is 6.24. The normalized spacial score (nSPS) is 11.9. The van der Waals surface area contributed by atoms with E-state index in [0.717, 1.165) is 0 Å². The minimum absolute atomic E-state index is 0.207. The molecule has 0 aliphatic heterocycles. The third-order valence-corrected chi connectivity index (χ3v) is 3.65. The number of hydrogen-bond donors (Lipinski definition) is 2. The number of benzene rings is 2. The van der Waals surface area contributed by atoms with Crippen molar-refractivity contribution in [3.63, 3.8) is 0 Å². The molecule has 1 unspecified atom stereocenters. The molecule has 0 aliphatic carbocycles. The molecule has 2 rings (SSSR count). The highest BCUT2D eigenvalue weighted by Crippen LogP contribution is 2.29. The molecule has 0 bridgehead atoms. The van der Waals surface area contributed by atoms with Gasteiger partial charge in [-0.05, 0) is 29.8 Å². The van der Waals surface area contributed by atoms with Gasteiger partial charge in [0.1, 0.15) is 11.9 Å². The van der Waals surface area contributed by atoms with Crippen LogP contribution in [0.3, 0.4) is 0 Å². The van der Waals surface area contributed by atoms with E-state index in [1.807, 2.05) is 0 Å². The van der Waals surface area contributed by atoms with E-state index >= 15 is 0 Å². The highest BCUT2D eigenvalue weighted by molar-refractivity contribution is 9.10. The van der Waals surface area contributed by atoms with Gasteiger partial charge in [0.05, 0.1) is 5.69 Å². The van der Waals surface area contributed by atoms with Gasteiger partial charge >= 0.3 is 0 Å². The number of carbonyl (C=O) groups excluding carboxylic acids is 1. The zero-order valence-electron chi connectivity index (χ0n) is 10.2. The van der Waals surface area contributed by atoms with Crippen LogP contribution in [0.2, 0.25) is 5.02 Å². The van der Waals surface area contributed by atoms with Crippen LogP contribution in [0.4, 0.5) is 10.1 Å². The minimum atomic E-state index is -0.862. The molecule has 0 aliphatic rings. The molecule has 2 aromatic carbocycles. The van der Waals surface area contributed by atoms with Crippen molar-refractivity contribution in [3.8, 4) is 0 Å². The molecule has 0 spiro atoms. The van der Waals surface area contributed by atoms with Crippen molar-refractivity contribution < 1.29 is 9.18 Å². The number of anilines is 1. The summed E-state index contributed by atoms with van der Waals surface area (Å²) in [7, 11) is 0. The van der Waals surface area contributed by atoms with Gasteiger partial charge in [0.15, 0.2) is 0 Å². The number of halogens is 3. The van der Waals surface area contributed by atoms with Crippen LogP contribution in [0.5, 0.6) is 0 Å². The SMILES string of the molecule is NC(=O)C(Nc1ccccc1F)c1ccc(Cl)cc1Br. The third kappa shape index (κ3) is 3.29. The Labute approximate surface area is 129 Å². The number of rotatable bonds is 4. The van der Waals surface area contributed by atoms with Crippen LogP contribution in [-0.4, -0.2) is 5.91 Å². The maximum atomic E-state index is 13.6. The quantitative estimate of drug-likeness (QED) is 0.872. The van der Waals surface area contributed by atoms with Gasteiger partial charge in [0, 0.05) is 9.50 Å². The van der Waals surface area contributed by atoms with E-state index in [0.29, 0.717) is 15.1 Å². The molecule has 1 amide bonds. The lowest BCUT2D eigenvalue weighted by molar-refractivity contribution is -0.118. The number of nitrogens with two attached hydrogens (primary N) is 1. The molecule has 2 aromatic rings. The minimum Gasteiger partial charge on any atom is -0.368 e. The zero-order valence-corrected chi connectivity index (χ0v) is 12.6. The van der Waals surface area contributed by atoms with Crippen molar-refractivity contribution in [2.45, 2.75) is 6.04 Å². The predicted octanol–water partition coefficient (Wildman–Crippen LogP) is 3.88. The summed E-state index contributed by atoms with van der Waals surface area (Å²) in [5.41, 5.74) is 6.19. The molecule has 6 heteroatoms. The van der Waals surface area contributed by atoms with Gasteiger partial charge in [-0.25, -0.2) is 4.39 Å². The number of nitrogens with one attached hydrogen (secondary N) is 1. The molecule has 20 heavy (non-hydrogen) atoms. The fourth-order valence-corrected chi connectivity index (χ4v) is 2.68. The average Bonchev–Trinajstić information content (AvgIpc) is 2.38. The van der Waals surface area contributed by atoms with Gasteiger partial charge in [0.2, 0.25) is 5.91 Å². The summed E-state index contributed by atoms with van der Waals surface area (Å²) in [6.07, 6.45) is 0. The molecule has 3 N–H and O–H groups in total. The van der Waals surface area contributed by atoms with Crippen molar-refractivity contribution in [2.24, 2.45) is 5.73 Å². The Morgan fingerprint density at radius 2 is 2.00 bits per heavy atom. The van der Waals surface area contributed by atoms with Crippen LogP contribution in [-0.2, 0) is 4.79 Å². The van der Waals surface area contributed by atoms with Gasteiger partial charge in [-0.3, -0.25) is 4.79 Å². The molecule has 0 radical (unpaired) electrons. The maximum absolute atomic E-state index is 13.6. The molecule has 3 nitrogen and oxygen atoms in total. The average molecular weight is 358 g/mol. The summed E-state index contributed by atoms with van der Waals surface area (Å²) in [5.74, 6) is -1.07. The largest absolute Gasteiger partial charge is 0.368 e. The number of amides is 1. The number of para-hydroxylation sites is 1. The Balaban J connectivity index is 2.37. The van der Waals surface area contributed by atoms with Crippen LogP contribution >= 0.6 is 27.5 Å². The second-order valence-electron chi connectivity index (χ2n) is 4.13. The van der Waals surface area contributed by atoms with E-state index in [9.17, 15) is 9.18 Å². The Bertz CT molecular complexity index is 651. The van der Waals surface area contributed by atoms with E-state index in [4.69, 9.17) is 17.3 Å². The van der Waals surface area contributed by atoms with Gasteiger partial charge in [0.25, 0.3) is 0 Å². The van der Waals surface area contributed by atoms with E-state index in [2.05, 4.69) is 21.2 Å². The van der Waals surface area contributed by atoms with Gasteiger partial charge in [-0.1, -0.05) is 45.7 Å². The molecule has 0 heterocycles. The summed E-state index contributed by atoms with van der Waals surface area (Å²) in [6.45, 7) is 0. The smallest absolute Gasteiger partial charge is 0.244 e. The van der Waals surface area contributed by atoms with Crippen molar-refractivity contribution in [1.82, 2.24) is 0 Å². The van der Waals surface area contributed by atoms with Gasteiger partial charge in [-0.15, -0.1) is 0 Å². The molecule has 0 saturated carbocycles. The zero-order chi connectivity index (χ0) is 14.7. The molecule has 0 fully saturated rings. The first-order valence-electron chi connectivity index (χ1n) is 5.74. The van der Waals surface area contributed by atoms with Crippen molar-refractivity contribution in [3.05, 3.63) is 63.3 Å². The standard InChI is InChI=1S/C14H11BrClFN2O/c15-10-7-8(16)5-6-9(10)13(14(18)20)19-12-4-2-1-3-11(12)17/h1-7,13,19H,(H2,18,20). The monoisotopic (exact) mass is 356 g/mol. The van der Waals surface area contributed by atoms with Crippen LogP contribution < -0.4 is 11.1 Å². The topological polar surface area (TPSA) is 55.1 Å². The second-order valence-corrected chi connectivity index (χ2v) is 5.42. The van der Waals surface area contributed by atoms with E-state index in [-0.39, 0.29) is 5.69 Å². The van der Waals surface area contributed by atoms with Crippen LogP contribution in [0.1, 0.15) is 11.6 Å². The van der Waals surface area contributed by atoms with Crippen molar-refractivity contribution >= 4 is 39.1 Å². The Kier molecular flexibility index (Phi) is 4.62. The molecule has 0 aromatic heterocycles. The summed E-state index contributed by atoms with van der Waals surface area (Å²) in [5, 5.41) is 3.32. The van der Waals surface area contributed by atoms with Crippen LogP contribution in [0.15, 0.2) is 46.9 Å². The van der Waals surface area contributed by atoms with Gasteiger partial charge in [-0.2, -0.15) is 0 Å². The summed E-state index contributed by atoms with van der Waals surface area (Å²) >= 11 is 9.18. The number of hydrogen-bond acceptors (Lipinski definition) is 2. The fourth-order valence-electron chi connectivity index (χ4n) is 1.77. The summed E-state index contributed by atoms with van der Waals surface area (Å²) in [4.78, 5) is 11.6. The highest BCUT2D eigenvalue weighted by atomic mass is 79.9. The summed E-state index contributed by atoms with van der Waals surface area (Å²) in [6, 6.07) is 10.2. The molecule has 104 valence electrons. The van der Waals surface area contributed by atoms with E-state index < -0.39 is 17.8 Å². The molecular formula is C14H11BrClFN2O. The van der Waals surface area contributed by atoms with Crippen molar-refractivity contribution in [2.75, 3.05) is 5.32 Å². The summed E-state index contributed by atoms with van der Waals surface area (Å²) < 4.78 is 14.3. The first-order valence-corrected chi connectivity index (χ1v) is 6.91. The molecule has 0 saturated heterocycles. The maximum Gasteiger partial charge on any atom is 0.244 e. The van der Waals surface area contributed by atoms with Gasteiger partial charge < -0.3 is 11.1 Å². The van der Waals surface area contributed by atoms with E-state index in [1.54, 1.807) is 30.3 Å². The Morgan fingerprint density at radius 3 is 2.60 bits per heavy atom. The lowest BCUT2D eigenvalue weighted by Gasteiger charge is -2.19. The Hall–Kier alpha value is -1.59. The van der Waals surface area contributed by atoms with Crippen LogP contribution in [0, 0.1) is 5.82 Å². The lowest BCUT2D eigenvalue weighted by atomic mass is 10.1. The molecular weight excluding hydrogens is 347 g/mol. The first-order chi connectivity index (χ1) is 9.49. The fraction of sp³-hybridized carbons (Fsp3) is 0.0714. The molecule has 1 atom stereocenters. The van der Waals surface area contributed by atoms with Crippen molar-refractivity contribution in [1.29, 1.82) is 0 Å². The first kappa shape index (κ1) is 14.8. The number of primary amides is 1. The lowest BCUT2D eigenvalue weighted by Crippen LogP contribution is -2.28. The van der Waals surface area contributed by atoms with E-state index in [1.165, 1.54) is 12.1 Å². The Morgan fingerprint density at radius 1 is 1.30 bits per heavy atom. The highest BCUT2D eigenvalue weighted by Gasteiger charge is 2.21.